The number of hydrogen-bond acceptors (Lipinski definition) is 29. The SMILES string of the molecule is C.C=C1Cc2cc(NC(=O)c3cc(N(C)C4CCCCC4)ncn3)ccc2N1.CCC(O)CCS(=O)(=O)c1ccc(NC(=O)c2cc(N(C)C3CCCCC3)ncn2)cc1.COCCCS(=O)(=O)c1ccc(NC(=O)c2cc(N(C)C3CCCCC3)ncn2)cc1.Cc1cc(S(C)(=O)=O)ccc1NC(=O)c1cc(N(CC2CC2)C2CCCCC2)ncn1.Cc1cc2[nH]ccc2cc1NC(=O)c1cc(N(C)C2CCCCC2)ncn1. The Morgan fingerprint density at radius 1 is 0.430 bits per heavy atom. The Balaban J connectivity index is 0.000000155. The number of fused-ring (bicyclic) bond motifs is 2. The van der Waals surface area contributed by atoms with E-state index >= 15 is 0 Å². The first-order valence-electron chi connectivity index (χ1n) is 51.9. The van der Waals surface area contributed by atoms with Crippen LogP contribution >= 0.6 is 0 Å². The Morgan fingerprint density at radius 3 is 1.20 bits per heavy atom. The summed E-state index contributed by atoms with van der Waals surface area (Å²) < 4.78 is 77.9. The van der Waals surface area contributed by atoms with Crippen molar-refractivity contribution in [3.63, 3.8) is 0 Å². The summed E-state index contributed by atoms with van der Waals surface area (Å²) in [5.41, 5.74) is 10.6. The minimum absolute atomic E-state index is 0. The molecule has 1 aliphatic heterocycles. The van der Waals surface area contributed by atoms with Crippen LogP contribution in [0.4, 0.5) is 63.2 Å². The van der Waals surface area contributed by atoms with E-state index in [4.69, 9.17) is 4.74 Å². The molecule has 6 aliphatic carbocycles. The number of hydrogen-bond donors (Lipinski definition) is 8. The number of anilines is 11. The Labute approximate surface area is 877 Å². The molecule has 38 heteroatoms. The van der Waals surface area contributed by atoms with E-state index in [0.717, 1.165) is 113 Å². The zero-order chi connectivity index (χ0) is 105. The highest BCUT2D eigenvalue weighted by Crippen LogP contribution is 2.38. The van der Waals surface area contributed by atoms with E-state index in [2.05, 4.69) is 132 Å². The molecule has 1 atom stereocenters. The number of allylic oxidation sites excluding steroid dienone is 1. The maximum atomic E-state index is 12.9. The van der Waals surface area contributed by atoms with Crippen molar-refractivity contribution in [3.8, 4) is 0 Å². The van der Waals surface area contributed by atoms with Gasteiger partial charge in [-0.3, -0.25) is 24.0 Å². The third kappa shape index (κ3) is 32.1. The minimum Gasteiger partial charge on any atom is -0.393 e. The lowest BCUT2D eigenvalue weighted by Crippen LogP contribution is -2.39. The molecule has 6 saturated carbocycles. The lowest BCUT2D eigenvalue weighted by molar-refractivity contribution is 0.101. The molecule has 35 nitrogen and oxygen atoms in total. The highest BCUT2D eigenvalue weighted by atomic mass is 32.2. The predicted molar refractivity (Wildman–Crippen MR) is 589 cm³/mol. The van der Waals surface area contributed by atoms with Crippen molar-refractivity contribution in [1.82, 2.24) is 54.8 Å². The molecule has 1 unspecified atom stereocenters. The molecule has 0 spiro atoms. The van der Waals surface area contributed by atoms with Crippen molar-refractivity contribution in [2.45, 2.75) is 278 Å². The van der Waals surface area contributed by atoms with E-state index in [1.165, 1.54) is 216 Å². The smallest absolute Gasteiger partial charge is 0.274 e. The quantitative estimate of drug-likeness (QED) is 0.0177. The third-order valence-corrected chi connectivity index (χ3v) is 33.5. The van der Waals surface area contributed by atoms with Crippen molar-refractivity contribution < 1.29 is 59.1 Å². The number of nitrogens with zero attached hydrogens (tertiary/aromatic N) is 15. The average molecular weight is 2090 g/mol. The van der Waals surface area contributed by atoms with E-state index in [0.29, 0.717) is 95.2 Å². The molecule has 0 radical (unpaired) electrons. The lowest BCUT2D eigenvalue weighted by atomic mass is 9.94. The van der Waals surface area contributed by atoms with Crippen LogP contribution in [0.1, 0.15) is 276 Å². The van der Waals surface area contributed by atoms with Crippen molar-refractivity contribution >= 4 is 133 Å². The molecule has 7 heterocycles. The number of aryl methyl sites for hydroxylation is 2. The first kappa shape index (κ1) is 113. The molecule has 18 rings (SSSR count). The number of rotatable bonds is 33. The van der Waals surface area contributed by atoms with Gasteiger partial charge in [0.15, 0.2) is 29.5 Å². The molecule has 149 heavy (non-hydrogen) atoms. The molecule has 6 aromatic heterocycles. The number of carbonyl (C=O) groups is 5. The summed E-state index contributed by atoms with van der Waals surface area (Å²) in [6.45, 7) is 10.9. The second-order valence-corrected chi connectivity index (χ2v) is 46.0. The maximum absolute atomic E-state index is 12.9. The second kappa shape index (κ2) is 53.7. The monoisotopic (exact) mass is 2090 g/mol. The van der Waals surface area contributed by atoms with Crippen LogP contribution in [0, 0.1) is 19.8 Å². The van der Waals surface area contributed by atoms with Crippen LogP contribution in [0.15, 0.2) is 198 Å². The molecule has 0 bridgehead atoms. The number of ether oxygens (including phenoxy) is 1. The number of methoxy groups -OCH3 is 1. The summed E-state index contributed by atoms with van der Waals surface area (Å²) in [5.74, 6) is 2.99. The van der Waals surface area contributed by atoms with Crippen molar-refractivity contribution in [2.24, 2.45) is 5.92 Å². The highest BCUT2D eigenvalue weighted by molar-refractivity contribution is 7.91. The zero-order valence-corrected chi connectivity index (χ0v) is 88.9. The summed E-state index contributed by atoms with van der Waals surface area (Å²) in [4.78, 5) is 121. The summed E-state index contributed by atoms with van der Waals surface area (Å²) in [5, 5.41) is 28.2. The Kier molecular flexibility index (Phi) is 40.7. The van der Waals surface area contributed by atoms with Crippen molar-refractivity contribution in [2.75, 3.05) is 123 Å². The first-order chi connectivity index (χ1) is 71.2. The van der Waals surface area contributed by atoms with Gasteiger partial charge in [-0.2, -0.15) is 0 Å². The number of sulfone groups is 3. The van der Waals surface area contributed by atoms with E-state index in [9.17, 15) is 54.3 Å². The molecule has 6 fully saturated rings. The van der Waals surface area contributed by atoms with E-state index in [-0.39, 0.29) is 81.0 Å². The number of amides is 5. The number of H-pyrrole nitrogens is 1. The normalized spacial score (nSPS) is 15.8. The molecule has 796 valence electrons. The maximum Gasteiger partial charge on any atom is 0.274 e. The summed E-state index contributed by atoms with van der Waals surface area (Å²) in [7, 11) is -0.495. The van der Waals surface area contributed by atoms with Gasteiger partial charge >= 0.3 is 0 Å². The molecule has 5 aromatic carbocycles. The predicted octanol–water partition coefficient (Wildman–Crippen LogP) is 19.6. The van der Waals surface area contributed by atoms with Crippen LogP contribution in [0.5, 0.6) is 0 Å². The number of nitrogens with one attached hydrogen (secondary N) is 7. The number of benzene rings is 5. The molecule has 5 amide bonds. The van der Waals surface area contributed by atoms with Crippen molar-refractivity contribution in [3.05, 3.63) is 229 Å². The summed E-state index contributed by atoms with van der Waals surface area (Å²) >= 11 is 0. The van der Waals surface area contributed by atoms with Crippen LogP contribution in [0.2, 0.25) is 0 Å². The second-order valence-electron chi connectivity index (χ2n) is 39.7. The fourth-order valence-corrected chi connectivity index (χ4v) is 23.0. The van der Waals surface area contributed by atoms with E-state index in [1.807, 2.05) is 70.5 Å². The Bertz CT molecular complexity index is 6730. The van der Waals surface area contributed by atoms with E-state index in [1.54, 1.807) is 80.8 Å². The van der Waals surface area contributed by atoms with Gasteiger partial charge in [0.2, 0.25) is 0 Å². The molecule has 11 aromatic rings. The van der Waals surface area contributed by atoms with Gasteiger partial charge in [0.05, 0.1) is 32.3 Å². The number of aliphatic hydroxyl groups excluding tert-OH is 1. The van der Waals surface area contributed by atoms with E-state index < -0.39 is 35.6 Å². The van der Waals surface area contributed by atoms with Gasteiger partial charge in [0.1, 0.15) is 89.2 Å². The molecule has 8 N–H and O–H groups in total. The van der Waals surface area contributed by atoms with Gasteiger partial charge in [0.25, 0.3) is 29.5 Å². The largest absolute Gasteiger partial charge is 0.393 e. The van der Waals surface area contributed by atoms with Gasteiger partial charge < -0.3 is 71.2 Å². The zero-order valence-electron chi connectivity index (χ0n) is 86.4. The molecule has 7 aliphatic rings. The number of aromatic amines is 1. The Hall–Kier alpha value is -13.3. The van der Waals surface area contributed by atoms with Crippen LogP contribution in [-0.2, 0) is 40.7 Å². The number of carbonyl (C=O) groups excluding carboxylic acids is 5. The number of aliphatic hydroxyl groups is 1. The summed E-state index contributed by atoms with van der Waals surface area (Å²) in [6, 6.07) is 39.7. The third-order valence-electron chi connectivity index (χ3n) is 28.8. The first-order valence-corrected chi connectivity index (χ1v) is 57.1. The summed E-state index contributed by atoms with van der Waals surface area (Å²) in [6.07, 6.45) is 44.5. The topological polar surface area (TPSA) is 450 Å². The molecule has 0 saturated heterocycles. The lowest BCUT2D eigenvalue weighted by Gasteiger charge is -2.35. The van der Waals surface area contributed by atoms with Crippen LogP contribution < -0.4 is 56.4 Å². The minimum atomic E-state index is -3.49. The Morgan fingerprint density at radius 2 is 0.799 bits per heavy atom. The van der Waals surface area contributed by atoms with Gasteiger partial charge in [-0.05, 0) is 236 Å². The van der Waals surface area contributed by atoms with Gasteiger partial charge in [0, 0.05) is 179 Å². The molecular weight excluding hydrogens is 1950 g/mol. The van der Waals surface area contributed by atoms with Crippen LogP contribution in [-0.4, -0.2) is 217 Å². The van der Waals surface area contributed by atoms with Crippen molar-refractivity contribution in [1.29, 1.82) is 0 Å². The van der Waals surface area contributed by atoms with Gasteiger partial charge in [-0.1, -0.05) is 117 Å². The van der Waals surface area contributed by atoms with Gasteiger partial charge in [-0.25, -0.2) is 75.1 Å². The fourth-order valence-electron chi connectivity index (χ4n) is 19.6. The average Bonchev–Trinajstić information content (AvgIpc) is 1.66. The van der Waals surface area contributed by atoms with Crippen LogP contribution in [0.3, 0.4) is 0 Å². The fraction of sp³-hybridized carbons (Fsp3) is 0.468. The highest BCUT2D eigenvalue weighted by Gasteiger charge is 2.33. The van der Waals surface area contributed by atoms with Gasteiger partial charge in [-0.15, -0.1) is 0 Å². The number of aromatic nitrogens is 11. The standard InChI is InChI=1S/C23H32N4O4S.C23H30N4O3S.C22H30N4O4S.2C21H25N5O.CH4/c1-3-19(28)13-14-32(30,31)20-11-9-17(10-12-20)26-23(29)21-15-22(25-16-24-21)27(2)18-7-5-4-6-8-18;1-16-12-19(31(2,29)30)10-11-20(16)26-23(28)21-13-22(25-15-24-21)27(14-17-8-9-17)18-6-4-3-5-7-18;1-26(18-7-4-3-5-8-18)21-15-20(23-16-24-21)22(27)25-17-9-11-19(12-10-17)31(28,29)14-6-13-30-2;1-14-10-15-11-16(8-9-18(15)24-14)25-21(27)19-12-20(23-13-22-19)26(2)17-6-4-3-5-7-17;1-14-10-18-15(8-9-22-18)11-17(14)25-21(27)19-12-20(24-13-23-19)26(2)16-6-4-3-5-7-16;/h9-12,15-16,18-19,28H,3-8,13-14H2,1-2H3,(H,26,29);10-13,15,17-18H,3-9,14H2,1-2H3,(H,26,28);9-12,15-16,18H,3-8,13-14H2,1-2H3,(H,25,27);8-9,11-13,17,24H,1,3-7,10H2,2H3,(H,25,27);8-13,16,22H,3-7H2,1-2H3,(H,25,27);1H4. The van der Waals surface area contributed by atoms with Crippen LogP contribution in [0.25, 0.3) is 10.9 Å². The molecular formula is C111H146N22O13S3.